The Morgan fingerprint density at radius 3 is 1.22 bits per heavy atom. The number of anilines is 2. The molecule has 258 valence electrons. The van der Waals surface area contributed by atoms with Crippen molar-refractivity contribution in [1.29, 1.82) is 0 Å². The second kappa shape index (κ2) is 16.5. The lowest BCUT2D eigenvalue weighted by Gasteiger charge is -2.25. The maximum absolute atomic E-state index is 14.2. The molecule has 0 saturated carbocycles. The van der Waals surface area contributed by atoms with Gasteiger partial charge in [-0.15, -0.1) is 0 Å². The van der Waals surface area contributed by atoms with E-state index in [2.05, 4.69) is 4.98 Å². The number of ether oxygens (including phenoxy) is 2. The van der Waals surface area contributed by atoms with Crippen LogP contribution < -0.4 is 19.3 Å². The van der Waals surface area contributed by atoms with E-state index in [0.29, 0.717) is 37.7 Å². The smallest absolute Gasteiger partial charge is 0.273 e. The Balaban J connectivity index is 1.45. The molecule has 0 unspecified atom stereocenters. The fourth-order valence-corrected chi connectivity index (χ4v) is 5.62. The average Bonchev–Trinajstić information content (AvgIpc) is 3.14. The zero-order chi connectivity index (χ0) is 35.6. The molecule has 1 heterocycles. The number of amides is 2. The zero-order valence-corrected chi connectivity index (χ0v) is 29.7. The van der Waals surface area contributed by atoms with Crippen LogP contribution in [0, 0.1) is 0 Å². The van der Waals surface area contributed by atoms with Crippen LogP contribution in [0.25, 0.3) is 0 Å². The van der Waals surface area contributed by atoms with Crippen LogP contribution in [0.3, 0.4) is 0 Å². The van der Waals surface area contributed by atoms with Gasteiger partial charge in [0.2, 0.25) is 0 Å². The van der Waals surface area contributed by atoms with Crippen molar-refractivity contribution in [2.24, 2.45) is 0 Å². The highest BCUT2D eigenvalue weighted by atomic mass is 16.5. The first-order chi connectivity index (χ1) is 24.1. The first-order valence-corrected chi connectivity index (χ1v) is 16.5. The number of methoxy groups -OCH3 is 2. The first-order valence-electron chi connectivity index (χ1n) is 16.5. The van der Waals surface area contributed by atoms with E-state index in [1.165, 1.54) is 0 Å². The third kappa shape index (κ3) is 9.19. The Hall–Kier alpha value is -5.83. The average molecular weight is 672 g/mol. The summed E-state index contributed by atoms with van der Waals surface area (Å²) in [5, 5.41) is 0. The summed E-state index contributed by atoms with van der Waals surface area (Å²) in [7, 11) is 11.2. The van der Waals surface area contributed by atoms with Gasteiger partial charge in [0.1, 0.15) is 22.9 Å². The summed E-state index contributed by atoms with van der Waals surface area (Å²) in [4.78, 5) is 40.7. The first kappa shape index (κ1) is 35.5. The molecule has 1 aromatic heterocycles. The van der Waals surface area contributed by atoms with Crippen LogP contribution in [0.4, 0.5) is 11.4 Å². The summed E-state index contributed by atoms with van der Waals surface area (Å²) in [6.45, 7) is 1.37. The summed E-state index contributed by atoms with van der Waals surface area (Å²) in [6.07, 6.45) is 0. The van der Waals surface area contributed by atoms with Crippen LogP contribution in [0.1, 0.15) is 43.2 Å². The highest BCUT2D eigenvalue weighted by molar-refractivity contribution is 5.96. The molecule has 0 radical (unpaired) electrons. The number of carbonyl (C=O) groups excluding carboxylic acids is 2. The lowest BCUT2D eigenvalue weighted by atomic mass is 10.1. The van der Waals surface area contributed by atoms with Crippen molar-refractivity contribution >= 4 is 23.2 Å². The van der Waals surface area contributed by atoms with Crippen molar-refractivity contribution in [3.05, 3.63) is 149 Å². The van der Waals surface area contributed by atoms with Gasteiger partial charge in [-0.25, -0.2) is 4.98 Å². The van der Waals surface area contributed by atoms with Gasteiger partial charge in [-0.05, 0) is 82.9 Å². The Labute approximate surface area is 295 Å². The lowest BCUT2D eigenvalue weighted by molar-refractivity contribution is 0.0715. The summed E-state index contributed by atoms with van der Waals surface area (Å²) in [5.74, 6) is 0.863. The van der Waals surface area contributed by atoms with Gasteiger partial charge in [0, 0.05) is 65.7 Å². The molecule has 2 amide bonds. The molecule has 0 aliphatic rings. The number of benzene rings is 4. The Kier molecular flexibility index (Phi) is 11.7. The number of hydrogen-bond acceptors (Lipinski definition) is 7. The topological polar surface area (TPSA) is 78.5 Å². The van der Waals surface area contributed by atoms with Crippen molar-refractivity contribution in [3.63, 3.8) is 0 Å². The highest BCUT2D eigenvalue weighted by Gasteiger charge is 2.23. The van der Waals surface area contributed by atoms with E-state index in [1.807, 2.05) is 135 Å². The summed E-state index contributed by atoms with van der Waals surface area (Å²) < 4.78 is 10.9. The number of carbonyl (C=O) groups is 2. The molecule has 0 spiro atoms. The largest absolute Gasteiger partial charge is 0.497 e. The second-order valence-electron chi connectivity index (χ2n) is 12.6. The minimum absolute atomic E-state index is 0.195. The third-order valence-electron chi connectivity index (χ3n) is 8.43. The van der Waals surface area contributed by atoms with E-state index < -0.39 is 0 Å². The van der Waals surface area contributed by atoms with E-state index >= 15 is 0 Å². The molecule has 0 aliphatic heterocycles. The van der Waals surface area contributed by atoms with Crippen LogP contribution in [0.15, 0.2) is 115 Å². The molecule has 0 aliphatic carbocycles. The number of pyridine rings is 1. The number of nitrogens with zero attached hydrogens (tertiary/aromatic N) is 5. The maximum atomic E-state index is 14.2. The van der Waals surface area contributed by atoms with E-state index in [9.17, 15) is 9.59 Å². The molecule has 0 fully saturated rings. The van der Waals surface area contributed by atoms with Gasteiger partial charge in [-0.1, -0.05) is 54.6 Å². The standard InChI is InChI=1S/C41H45N5O4/c1-43(2)34-20-16-30(17-21-34)26-45(28-32-10-7-12-36(24-32)49-5)40(47)38-14-9-15-39(42-38)41(48)46(29-33-11-8-13-37(25-33)50-6)27-31-18-22-35(23-19-31)44(3)4/h7-25H,26-29H2,1-6H3. The number of hydrogen-bond donors (Lipinski definition) is 0. The molecule has 0 atom stereocenters. The monoisotopic (exact) mass is 671 g/mol. The van der Waals surface area contributed by atoms with Crippen LogP contribution in [-0.2, 0) is 26.2 Å². The SMILES string of the molecule is COc1cccc(CN(Cc2ccc(N(C)C)cc2)C(=O)c2cccc(C(=O)N(Cc3ccc(N(C)C)cc3)Cc3cccc(OC)c3)n2)c1. The predicted molar refractivity (Wildman–Crippen MR) is 199 cm³/mol. The molecule has 0 saturated heterocycles. The van der Waals surface area contributed by atoms with Crippen LogP contribution in [-0.4, -0.2) is 69.0 Å². The molecule has 0 bridgehead atoms. The number of rotatable bonds is 14. The molecule has 4 aromatic carbocycles. The summed E-state index contributed by atoms with van der Waals surface area (Å²) in [5.41, 5.74) is 6.31. The zero-order valence-electron chi connectivity index (χ0n) is 29.7. The van der Waals surface area contributed by atoms with E-state index in [4.69, 9.17) is 9.47 Å². The fourth-order valence-electron chi connectivity index (χ4n) is 5.62. The Bertz CT molecular complexity index is 1760. The van der Waals surface area contributed by atoms with Gasteiger partial charge in [0.25, 0.3) is 11.8 Å². The summed E-state index contributed by atoms with van der Waals surface area (Å²) >= 11 is 0. The molecule has 5 rings (SSSR count). The number of aromatic nitrogens is 1. The van der Waals surface area contributed by atoms with Gasteiger partial charge in [0.15, 0.2) is 0 Å². The van der Waals surface area contributed by atoms with Gasteiger partial charge < -0.3 is 29.1 Å². The maximum Gasteiger partial charge on any atom is 0.273 e. The third-order valence-corrected chi connectivity index (χ3v) is 8.43. The van der Waals surface area contributed by atoms with Crippen LogP contribution in [0.2, 0.25) is 0 Å². The fraction of sp³-hybridized carbons (Fsp3) is 0.244. The van der Waals surface area contributed by atoms with Gasteiger partial charge in [-0.3, -0.25) is 9.59 Å². The van der Waals surface area contributed by atoms with Crippen molar-refractivity contribution in [1.82, 2.24) is 14.8 Å². The predicted octanol–water partition coefficient (Wildman–Crippen LogP) is 6.92. The molecule has 9 heteroatoms. The minimum Gasteiger partial charge on any atom is -0.497 e. The molecular formula is C41H45N5O4. The van der Waals surface area contributed by atoms with Crippen molar-refractivity contribution in [3.8, 4) is 11.5 Å². The van der Waals surface area contributed by atoms with Crippen LogP contribution >= 0.6 is 0 Å². The molecule has 5 aromatic rings. The van der Waals surface area contributed by atoms with Crippen molar-refractivity contribution in [2.75, 3.05) is 52.2 Å². The van der Waals surface area contributed by atoms with Crippen molar-refractivity contribution < 1.29 is 19.1 Å². The van der Waals surface area contributed by atoms with E-state index in [-0.39, 0.29) is 23.2 Å². The molecule has 0 N–H and O–H groups in total. The summed E-state index contributed by atoms with van der Waals surface area (Å²) in [6, 6.07) is 36.6. The highest BCUT2D eigenvalue weighted by Crippen LogP contribution is 2.22. The van der Waals surface area contributed by atoms with Gasteiger partial charge in [0.05, 0.1) is 14.2 Å². The van der Waals surface area contributed by atoms with E-state index in [1.54, 1.807) is 42.2 Å². The second-order valence-corrected chi connectivity index (χ2v) is 12.6. The van der Waals surface area contributed by atoms with Gasteiger partial charge in [-0.2, -0.15) is 0 Å². The van der Waals surface area contributed by atoms with Crippen molar-refractivity contribution in [2.45, 2.75) is 26.2 Å². The van der Waals surface area contributed by atoms with Gasteiger partial charge >= 0.3 is 0 Å². The quantitative estimate of drug-likeness (QED) is 0.127. The Morgan fingerprint density at radius 2 is 0.860 bits per heavy atom. The molecule has 9 nitrogen and oxygen atoms in total. The van der Waals surface area contributed by atoms with E-state index in [0.717, 1.165) is 33.6 Å². The Morgan fingerprint density at radius 1 is 0.500 bits per heavy atom. The lowest BCUT2D eigenvalue weighted by Crippen LogP contribution is -2.33. The normalized spacial score (nSPS) is 10.7. The molecular weight excluding hydrogens is 626 g/mol. The van der Waals surface area contributed by atoms with Crippen LogP contribution in [0.5, 0.6) is 11.5 Å². The molecule has 50 heavy (non-hydrogen) atoms. The minimum atomic E-state index is -0.280.